The first kappa shape index (κ1) is 24.5. The molecule has 190 valence electrons. The quantitative estimate of drug-likeness (QED) is 0.384. The Morgan fingerprint density at radius 2 is 1.83 bits per heavy atom. The number of hydrogen-bond donors (Lipinski definition) is 1. The maximum absolute atomic E-state index is 13.2. The van der Waals surface area contributed by atoms with Gasteiger partial charge < -0.3 is 14.4 Å². The molecule has 1 fully saturated rings. The van der Waals surface area contributed by atoms with Crippen LogP contribution >= 0.6 is 23.1 Å². The molecule has 0 radical (unpaired) electrons. The first-order valence-corrected chi connectivity index (χ1v) is 14.1. The Bertz CT molecular complexity index is 1520. The minimum atomic E-state index is -3.74. The van der Waals surface area contributed by atoms with Crippen molar-refractivity contribution in [2.24, 2.45) is 0 Å². The lowest BCUT2D eigenvalue weighted by Crippen LogP contribution is -2.50. The van der Waals surface area contributed by atoms with Crippen LogP contribution in [0, 0.1) is 6.92 Å². The van der Waals surface area contributed by atoms with E-state index in [1.54, 1.807) is 31.2 Å². The third kappa shape index (κ3) is 4.78. The summed E-state index contributed by atoms with van der Waals surface area (Å²) in [7, 11) is -3.74. The van der Waals surface area contributed by atoms with Crippen LogP contribution in [0.3, 0.4) is 0 Å². The first-order chi connectivity index (χ1) is 17.2. The van der Waals surface area contributed by atoms with Crippen molar-refractivity contribution < 1.29 is 14.6 Å². The fourth-order valence-electron chi connectivity index (χ4n) is 4.41. The molecule has 1 aliphatic rings. The highest BCUT2D eigenvalue weighted by Gasteiger charge is 2.27. The Morgan fingerprint density at radius 3 is 2.50 bits per heavy atom. The lowest BCUT2D eigenvalue weighted by atomic mass is 10.2. The summed E-state index contributed by atoms with van der Waals surface area (Å²) in [5.41, 5.74) is 1.85. The molecule has 1 saturated heterocycles. The summed E-state index contributed by atoms with van der Waals surface area (Å²) in [6.45, 7) is 6.10. The fraction of sp³-hybridized carbons (Fsp3) is 0.292. The molecule has 9 nitrogen and oxygen atoms in total. The molecule has 1 N–H and O–H groups in total. The Balaban J connectivity index is 0.00000320. The first-order valence-electron chi connectivity index (χ1n) is 11.4. The number of rotatable bonds is 6. The molecule has 1 atom stereocenters. The summed E-state index contributed by atoms with van der Waals surface area (Å²) in [5.74, 6) is 0.581. The van der Waals surface area contributed by atoms with Gasteiger partial charge in [0.1, 0.15) is 11.9 Å². The smallest absolute Gasteiger partial charge is 0.263 e. The van der Waals surface area contributed by atoms with Crippen LogP contribution in [-0.4, -0.2) is 59.3 Å². The Hall–Kier alpha value is -3.15. The third-order valence-corrected chi connectivity index (χ3v) is 8.87. The van der Waals surface area contributed by atoms with E-state index in [-0.39, 0.29) is 23.4 Å². The summed E-state index contributed by atoms with van der Waals surface area (Å²) in [5, 5.41) is 1.84. The number of hydrogen-bond acceptors (Lipinski definition) is 7. The van der Waals surface area contributed by atoms with E-state index < -0.39 is 10.0 Å². The zero-order chi connectivity index (χ0) is 25.4. The number of sulfonamides is 1. The van der Waals surface area contributed by atoms with E-state index in [2.05, 4.69) is 19.0 Å². The van der Waals surface area contributed by atoms with E-state index >= 15 is 0 Å². The van der Waals surface area contributed by atoms with Crippen LogP contribution in [-0.2, 0) is 14.8 Å². The largest absolute Gasteiger partial charge is 0.368 e. The van der Waals surface area contributed by atoms with Gasteiger partial charge in [0.25, 0.3) is 10.0 Å². The van der Waals surface area contributed by atoms with Gasteiger partial charge in [-0.1, -0.05) is 17.7 Å². The summed E-state index contributed by atoms with van der Waals surface area (Å²) in [6, 6.07) is 14.0. The molecular weight excluding hydrogens is 520 g/mol. The minimum Gasteiger partial charge on any atom is -0.368 e. The molecule has 5 rings (SSSR count). The zero-order valence-corrected chi connectivity index (χ0v) is 22.1. The van der Waals surface area contributed by atoms with Crippen LogP contribution in [0.5, 0.6) is 0 Å². The molecular formula is C24H27ClN6O3S2. The van der Waals surface area contributed by atoms with Crippen molar-refractivity contribution in [3.63, 3.8) is 0 Å². The highest BCUT2D eigenvalue weighted by Crippen LogP contribution is 2.28. The van der Waals surface area contributed by atoms with Gasteiger partial charge in [-0.05, 0) is 56.3 Å². The summed E-state index contributed by atoms with van der Waals surface area (Å²) >= 11 is 7.30. The molecule has 1 amide bonds. The van der Waals surface area contributed by atoms with Gasteiger partial charge in [-0.15, -0.1) is 0 Å². The van der Waals surface area contributed by atoms with Crippen LogP contribution in [0.4, 0.5) is 10.8 Å². The highest BCUT2D eigenvalue weighted by molar-refractivity contribution is 7.93. The Kier molecular flexibility index (Phi) is 6.62. The molecule has 36 heavy (non-hydrogen) atoms. The number of fused-ring (bicyclic) bond motifs is 1. The number of nitrogens with one attached hydrogen (secondary N) is 1. The van der Waals surface area contributed by atoms with Crippen LogP contribution in [0.15, 0.2) is 59.6 Å². The summed E-state index contributed by atoms with van der Waals surface area (Å²) in [4.78, 5) is 21.5. The van der Waals surface area contributed by atoms with E-state index in [4.69, 9.17) is 11.6 Å². The predicted molar refractivity (Wildman–Crippen MR) is 144 cm³/mol. The molecule has 0 aliphatic carbocycles. The maximum atomic E-state index is 13.2. The Labute approximate surface area is 220 Å². The van der Waals surface area contributed by atoms with Crippen molar-refractivity contribution in [1.29, 1.82) is 0 Å². The molecule has 1 aliphatic heterocycles. The van der Waals surface area contributed by atoms with E-state index in [9.17, 15) is 13.2 Å². The molecule has 12 heteroatoms. The normalized spacial score (nSPS) is 15.3. The second-order valence-electron chi connectivity index (χ2n) is 8.63. The van der Waals surface area contributed by atoms with Crippen molar-refractivity contribution in [1.82, 2.24) is 18.8 Å². The van der Waals surface area contributed by atoms with E-state index in [1.807, 2.05) is 46.9 Å². The molecule has 3 heterocycles. The predicted octanol–water partition coefficient (Wildman–Crippen LogP) is 4.41. The number of carbonyl (C=O) groups is 1. The number of carbonyl (C=O) groups excluding carboxylic acids is 1. The van der Waals surface area contributed by atoms with Gasteiger partial charge in [0.15, 0.2) is 0 Å². The standard InChI is InChI=1S/C24H25ClN6O3S2.H2/c1-16(31-11-10-20-21(25)4-3-5-22(20)31)23(32)30-14-12-29(13-15-30)18-6-8-19(9-7-18)36(33,34)28-24-26-17(2)27-35-24;/h3-11,16H,12-15H2,1-2H3,(H,26,27,28);1H. The molecule has 1 unspecified atom stereocenters. The summed E-state index contributed by atoms with van der Waals surface area (Å²) < 4.78 is 33.7. The van der Waals surface area contributed by atoms with E-state index in [0.717, 1.165) is 28.1 Å². The van der Waals surface area contributed by atoms with Crippen LogP contribution < -0.4 is 9.62 Å². The minimum absolute atomic E-state index is 0. The monoisotopic (exact) mass is 546 g/mol. The molecule has 2 aromatic carbocycles. The molecule has 0 spiro atoms. The third-order valence-electron chi connectivity index (χ3n) is 6.34. The van der Waals surface area contributed by atoms with Crippen molar-refractivity contribution in [2.45, 2.75) is 24.8 Å². The van der Waals surface area contributed by atoms with Crippen LogP contribution in [0.25, 0.3) is 10.9 Å². The SMILES string of the molecule is Cc1nsc(NS(=O)(=O)c2ccc(N3CCN(C(=O)C(C)n4ccc5c(Cl)cccc54)CC3)cc2)n1.[HH]. The average Bonchev–Trinajstić information content (AvgIpc) is 3.49. The number of aromatic nitrogens is 3. The van der Waals surface area contributed by atoms with Gasteiger partial charge >= 0.3 is 0 Å². The number of halogens is 1. The van der Waals surface area contributed by atoms with Gasteiger partial charge in [0, 0.05) is 61.4 Å². The number of nitrogens with zero attached hydrogens (tertiary/aromatic N) is 5. The lowest BCUT2D eigenvalue weighted by Gasteiger charge is -2.37. The van der Waals surface area contributed by atoms with Gasteiger partial charge in [-0.25, -0.2) is 13.4 Å². The number of amides is 1. The van der Waals surface area contributed by atoms with Crippen LogP contribution in [0.2, 0.25) is 5.02 Å². The van der Waals surface area contributed by atoms with Crippen LogP contribution in [0.1, 0.15) is 20.2 Å². The topological polar surface area (TPSA) is 100 Å². The summed E-state index contributed by atoms with van der Waals surface area (Å²) in [6.07, 6.45) is 1.91. The maximum Gasteiger partial charge on any atom is 0.263 e. The van der Waals surface area contributed by atoms with Crippen molar-refractivity contribution in [2.75, 3.05) is 35.8 Å². The second-order valence-corrected chi connectivity index (χ2v) is 11.5. The van der Waals surface area contributed by atoms with Gasteiger partial charge in [0.05, 0.1) is 10.4 Å². The van der Waals surface area contributed by atoms with E-state index in [0.29, 0.717) is 37.0 Å². The number of benzene rings is 2. The number of aryl methyl sites for hydroxylation is 1. The van der Waals surface area contributed by atoms with Crippen molar-refractivity contribution in [3.8, 4) is 0 Å². The average molecular weight is 547 g/mol. The fourth-order valence-corrected chi connectivity index (χ4v) is 6.44. The second kappa shape index (κ2) is 9.72. The molecule has 2 aromatic heterocycles. The van der Waals surface area contributed by atoms with Gasteiger partial charge in [-0.3, -0.25) is 9.52 Å². The van der Waals surface area contributed by atoms with Crippen molar-refractivity contribution >= 4 is 60.8 Å². The molecule has 4 aromatic rings. The number of piperazine rings is 1. The van der Waals surface area contributed by atoms with Gasteiger partial charge in [-0.2, -0.15) is 4.37 Å². The van der Waals surface area contributed by atoms with E-state index in [1.165, 1.54) is 0 Å². The molecule has 0 bridgehead atoms. The van der Waals surface area contributed by atoms with Crippen molar-refractivity contribution in [3.05, 3.63) is 65.6 Å². The van der Waals surface area contributed by atoms with Gasteiger partial charge in [0.2, 0.25) is 11.0 Å². The zero-order valence-electron chi connectivity index (χ0n) is 19.8. The lowest BCUT2D eigenvalue weighted by molar-refractivity contribution is -0.134. The number of anilines is 2. The highest BCUT2D eigenvalue weighted by atomic mass is 35.5. The molecule has 0 saturated carbocycles. The Morgan fingerprint density at radius 1 is 1.11 bits per heavy atom.